The Morgan fingerprint density at radius 2 is 2.17 bits per heavy atom. The predicted molar refractivity (Wildman–Crippen MR) is 89.6 cm³/mol. The highest BCUT2D eigenvalue weighted by Gasteiger charge is 2.20. The monoisotopic (exact) mass is 351 g/mol. The minimum atomic E-state index is -0.516. The van der Waals surface area contributed by atoms with Crippen molar-refractivity contribution in [3.8, 4) is 0 Å². The van der Waals surface area contributed by atoms with E-state index in [2.05, 4.69) is 15.0 Å². The average molecular weight is 351 g/mol. The topological polar surface area (TPSA) is 71.5 Å². The lowest BCUT2D eigenvalue weighted by Gasteiger charge is -2.26. The first-order chi connectivity index (χ1) is 11.4. The molecule has 0 saturated heterocycles. The van der Waals surface area contributed by atoms with E-state index in [1.807, 2.05) is 13.8 Å². The van der Waals surface area contributed by atoms with Gasteiger partial charge in [-0.1, -0.05) is 6.07 Å². The Kier molecular flexibility index (Phi) is 5.86. The van der Waals surface area contributed by atoms with E-state index in [0.29, 0.717) is 10.7 Å². The lowest BCUT2D eigenvalue weighted by Crippen LogP contribution is -2.39. The van der Waals surface area contributed by atoms with Crippen LogP contribution in [0.3, 0.4) is 0 Å². The fraction of sp³-hybridized carbons (Fsp3) is 0.312. The van der Waals surface area contributed by atoms with E-state index in [1.54, 1.807) is 16.3 Å². The number of thiazole rings is 1. The lowest BCUT2D eigenvalue weighted by molar-refractivity contribution is 0.0594. The minimum Gasteiger partial charge on any atom is -0.464 e. The molecule has 0 aliphatic carbocycles. The van der Waals surface area contributed by atoms with Crippen LogP contribution in [0, 0.1) is 5.82 Å². The molecule has 1 aromatic carbocycles. The first kappa shape index (κ1) is 17.9. The Hall–Kier alpha value is -2.48. The summed E-state index contributed by atoms with van der Waals surface area (Å²) >= 11 is 1.27. The van der Waals surface area contributed by atoms with Crippen molar-refractivity contribution >= 4 is 29.0 Å². The van der Waals surface area contributed by atoms with Crippen LogP contribution < -0.4 is 5.32 Å². The number of esters is 1. The number of amides is 2. The van der Waals surface area contributed by atoms with Crippen molar-refractivity contribution in [2.75, 3.05) is 12.4 Å². The van der Waals surface area contributed by atoms with E-state index in [-0.39, 0.29) is 24.3 Å². The fourth-order valence-corrected chi connectivity index (χ4v) is 2.74. The average Bonchev–Trinajstić information content (AvgIpc) is 3.00. The molecule has 1 heterocycles. The van der Waals surface area contributed by atoms with Crippen LogP contribution in [0.2, 0.25) is 0 Å². The number of urea groups is 1. The van der Waals surface area contributed by atoms with Gasteiger partial charge in [0.25, 0.3) is 0 Å². The minimum absolute atomic E-state index is 0.107. The number of methoxy groups -OCH3 is 1. The highest BCUT2D eigenvalue weighted by atomic mass is 32.1. The quantitative estimate of drug-likeness (QED) is 0.837. The fourth-order valence-electron chi connectivity index (χ4n) is 1.98. The Morgan fingerprint density at radius 3 is 2.79 bits per heavy atom. The van der Waals surface area contributed by atoms with Gasteiger partial charge in [0.15, 0.2) is 5.69 Å². The van der Waals surface area contributed by atoms with Crippen LogP contribution in [0.5, 0.6) is 0 Å². The number of carbonyl (C=O) groups is 2. The Bertz CT molecular complexity index is 733. The third-order valence-corrected chi connectivity index (χ3v) is 4.05. The largest absolute Gasteiger partial charge is 0.464 e. The molecule has 6 nitrogen and oxygen atoms in total. The second-order valence-corrected chi connectivity index (χ2v) is 6.22. The molecule has 1 N–H and O–H groups in total. The molecule has 0 bridgehead atoms. The van der Waals surface area contributed by atoms with Gasteiger partial charge in [-0.25, -0.2) is 19.0 Å². The first-order valence-corrected chi connectivity index (χ1v) is 8.14. The van der Waals surface area contributed by atoms with Crippen LogP contribution in [-0.2, 0) is 11.3 Å². The third kappa shape index (κ3) is 4.51. The summed E-state index contributed by atoms with van der Waals surface area (Å²) in [6.07, 6.45) is 0. The molecule has 8 heteroatoms. The van der Waals surface area contributed by atoms with Crippen LogP contribution in [0.4, 0.5) is 14.9 Å². The molecular weight excluding hydrogens is 333 g/mol. The van der Waals surface area contributed by atoms with Crippen molar-refractivity contribution < 1.29 is 18.7 Å². The summed E-state index contributed by atoms with van der Waals surface area (Å²) in [5.41, 5.74) is 0.590. The second-order valence-electron chi connectivity index (χ2n) is 5.28. The molecule has 0 spiro atoms. The molecule has 24 heavy (non-hydrogen) atoms. The van der Waals surface area contributed by atoms with Gasteiger partial charge in [0.05, 0.1) is 13.7 Å². The van der Waals surface area contributed by atoms with Crippen molar-refractivity contribution in [2.24, 2.45) is 0 Å². The van der Waals surface area contributed by atoms with Crippen molar-refractivity contribution in [1.29, 1.82) is 0 Å². The molecule has 2 aromatic rings. The van der Waals surface area contributed by atoms with Gasteiger partial charge < -0.3 is 15.0 Å². The van der Waals surface area contributed by atoms with Gasteiger partial charge in [-0.2, -0.15) is 0 Å². The molecule has 0 fully saturated rings. The lowest BCUT2D eigenvalue weighted by atomic mass is 10.3. The summed E-state index contributed by atoms with van der Waals surface area (Å²) in [5.74, 6) is -0.940. The number of carbonyl (C=O) groups excluding carboxylic acids is 2. The Labute approximate surface area is 143 Å². The van der Waals surface area contributed by atoms with Crippen molar-refractivity contribution in [2.45, 2.75) is 26.4 Å². The summed E-state index contributed by atoms with van der Waals surface area (Å²) in [7, 11) is 1.29. The number of ether oxygens (including phenoxy) is 1. The number of anilines is 1. The Morgan fingerprint density at radius 1 is 1.42 bits per heavy atom. The van der Waals surface area contributed by atoms with E-state index in [4.69, 9.17) is 0 Å². The summed E-state index contributed by atoms with van der Waals surface area (Å²) < 4.78 is 17.8. The number of hydrogen-bond acceptors (Lipinski definition) is 5. The van der Waals surface area contributed by atoms with E-state index in [9.17, 15) is 14.0 Å². The maximum atomic E-state index is 13.2. The van der Waals surface area contributed by atoms with Crippen LogP contribution >= 0.6 is 11.3 Å². The van der Waals surface area contributed by atoms with E-state index < -0.39 is 11.8 Å². The van der Waals surface area contributed by atoms with Gasteiger partial charge in [-0.05, 0) is 32.0 Å². The van der Waals surface area contributed by atoms with Crippen molar-refractivity contribution in [1.82, 2.24) is 9.88 Å². The predicted octanol–water partition coefficient (Wildman–Crippen LogP) is 3.51. The molecule has 128 valence electrons. The van der Waals surface area contributed by atoms with Crippen molar-refractivity contribution in [3.63, 3.8) is 0 Å². The highest BCUT2D eigenvalue weighted by molar-refractivity contribution is 7.09. The first-order valence-electron chi connectivity index (χ1n) is 7.26. The summed E-state index contributed by atoms with van der Waals surface area (Å²) in [6, 6.07) is 5.20. The zero-order valence-corrected chi connectivity index (χ0v) is 14.4. The molecule has 2 rings (SSSR count). The molecule has 0 aliphatic heterocycles. The van der Waals surface area contributed by atoms with Gasteiger partial charge in [-0.3, -0.25) is 0 Å². The zero-order valence-electron chi connectivity index (χ0n) is 13.6. The maximum absolute atomic E-state index is 13.2. The Balaban J connectivity index is 2.09. The normalized spacial score (nSPS) is 10.5. The number of nitrogens with zero attached hydrogens (tertiary/aromatic N) is 2. The third-order valence-electron chi connectivity index (χ3n) is 3.21. The summed E-state index contributed by atoms with van der Waals surface area (Å²) in [5, 5.41) is 4.85. The summed E-state index contributed by atoms with van der Waals surface area (Å²) in [6.45, 7) is 3.96. The number of benzene rings is 1. The standard InChI is InChI=1S/C16H18FN3O3S/c1-10(2)20(8-14-19-13(9-24-14)15(21)23-3)16(22)18-12-6-4-5-11(17)7-12/h4-7,9-10H,8H2,1-3H3,(H,18,22). The van der Waals surface area contributed by atoms with E-state index in [1.165, 1.54) is 36.6 Å². The molecular formula is C16H18FN3O3S. The van der Waals surface area contributed by atoms with Crippen LogP contribution in [0.25, 0.3) is 0 Å². The molecule has 0 unspecified atom stereocenters. The van der Waals surface area contributed by atoms with Gasteiger partial charge >= 0.3 is 12.0 Å². The van der Waals surface area contributed by atoms with E-state index >= 15 is 0 Å². The molecule has 0 atom stereocenters. The SMILES string of the molecule is COC(=O)c1csc(CN(C(=O)Nc2cccc(F)c2)C(C)C)n1. The molecule has 0 radical (unpaired) electrons. The van der Waals surface area contributed by atoms with Gasteiger partial charge in [-0.15, -0.1) is 11.3 Å². The smallest absolute Gasteiger partial charge is 0.357 e. The molecule has 1 aromatic heterocycles. The van der Waals surface area contributed by atoms with Gasteiger partial charge in [0.1, 0.15) is 10.8 Å². The number of aromatic nitrogens is 1. The number of nitrogens with one attached hydrogen (secondary N) is 1. The van der Waals surface area contributed by atoms with Gasteiger partial charge in [0.2, 0.25) is 0 Å². The maximum Gasteiger partial charge on any atom is 0.357 e. The highest BCUT2D eigenvalue weighted by Crippen LogP contribution is 2.17. The molecule has 0 aliphatic rings. The van der Waals surface area contributed by atoms with Crippen LogP contribution in [-0.4, -0.2) is 35.0 Å². The second kappa shape index (κ2) is 7.87. The van der Waals surface area contributed by atoms with Gasteiger partial charge in [0, 0.05) is 17.1 Å². The van der Waals surface area contributed by atoms with Crippen LogP contribution in [0.1, 0.15) is 29.3 Å². The van der Waals surface area contributed by atoms with E-state index in [0.717, 1.165) is 0 Å². The number of hydrogen-bond donors (Lipinski definition) is 1. The zero-order chi connectivity index (χ0) is 17.7. The summed E-state index contributed by atoms with van der Waals surface area (Å²) in [4.78, 5) is 29.6. The number of rotatable bonds is 5. The number of halogens is 1. The molecule has 0 saturated carbocycles. The van der Waals surface area contributed by atoms with Crippen LogP contribution in [0.15, 0.2) is 29.6 Å². The van der Waals surface area contributed by atoms with Crippen molar-refractivity contribution in [3.05, 3.63) is 46.2 Å². The molecule has 2 amide bonds.